The van der Waals surface area contributed by atoms with E-state index in [1.54, 1.807) is 12.1 Å². The minimum Gasteiger partial charge on any atom is -0.391 e. The van der Waals surface area contributed by atoms with Crippen LogP contribution in [-0.4, -0.2) is 50.4 Å². The summed E-state index contributed by atoms with van der Waals surface area (Å²) in [6, 6.07) is 6.98. The molecule has 1 saturated heterocycles. The molecule has 1 fully saturated rings. The predicted molar refractivity (Wildman–Crippen MR) is 110 cm³/mol. The number of carbonyl (C=O) groups excluding carboxylic acids is 2. The van der Waals surface area contributed by atoms with Crippen LogP contribution in [0.3, 0.4) is 0 Å². The fourth-order valence-electron chi connectivity index (χ4n) is 3.65. The van der Waals surface area contributed by atoms with Crippen molar-refractivity contribution in [3.63, 3.8) is 0 Å². The van der Waals surface area contributed by atoms with Gasteiger partial charge in [-0.2, -0.15) is 0 Å². The Morgan fingerprint density at radius 3 is 2.06 bits per heavy atom. The van der Waals surface area contributed by atoms with Gasteiger partial charge in [0.2, 0.25) is 5.91 Å². The summed E-state index contributed by atoms with van der Waals surface area (Å²) in [4.78, 5) is 47.5. The molecule has 2 amide bonds. The smallest absolute Gasteiger partial charge is 0.277 e. The van der Waals surface area contributed by atoms with Crippen molar-refractivity contribution >= 4 is 28.9 Å². The summed E-state index contributed by atoms with van der Waals surface area (Å²) in [5.41, 5.74) is 0.848. The molecule has 162 valence electrons. The number of carbonyl (C=O) groups is 2. The lowest BCUT2D eigenvalue weighted by Gasteiger charge is -2.24. The first-order valence-electron chi connectivity index (χ1n) is 9.37. The van der Waals surface area contributed by atoms with Gasteiger partial charge in [-0.1, -0.05) is 6.07 Å². The lowest BCUT2D eigenvalue weighted by molar-refractivity contribution is -0.394. The molecule has 2 aromatic carbocycles. The van der Waals surface area contributed by atoms with Crippen molar-refractivity contribution in [2.75, 3.05) is 11.9 Å². The lowest BCUT2D eigenvalue weighted by atomic mass is 10.1. The Morgan fingerprint density at radius 2 is 1.55 bits per heavy atom. The highest BCUT2D eigenvalue weighted by Gasteiger charge is 2.40. The van der Waals surface area contributed by atoms with Crippen LogP contribution in [0.5, 0.6) is 0 Å². The highest BCUT2D eigenvalue weighted by atomic mass is 16.6. The number of likely N-dealkylation sites (tertiary alicyclic amines) is 1. The van der Waals surface area contributed by atoms with Crippen LogP contribution >= 0.6 is 0 Å². The van der Waals surface area contributed by atoms with Crippen LogP contribution in [-0.2, 0) is 4.79 Å². The minimum absolute atomic E-state index is 0.0284. The maximum Gasteiger partial charge on any atom is 0.277 e. The second-order valence-corrected chi connectivity index (χ2v) is 7.48. The van der Waals surface area contributed by atoms with Crippen LogP contribution in [0.15, 0.2) is 36.4 Å². The second kappa shape index (κ2) is 8.48. The monoisotopic (exact) mass is 428 g/mol. The Balaban J connectivity index is 1.90. The SMILES string of the molecule is Cc1cc(C)cc(NC(=O)[C@@H]2C[C@@H](O)CN2C(=O)c2cc([N+](=O)[O-])cc([N+](=O)[O-])c2)c1. The zero-order valence-corrected chi connectivity index (χ0v) is 16.8. The molecule has 0 bridgehead atoms. The molecule has 0 aromatic heterocycles. The van der Waals surface area contributed by atoms with E-state index in [0.29, 0.717) is 5.69 Å². The summed E-state index contributed by atoms with van der Waals surface area (Å²) >= 11 is 0. The molecule has 1 aliphatic heterocycles. The molecular weight excluding hydrogens is 408 g/mol. The Hall–Kier alpha value is -3.86. The van der Waals surface area contributed by atoms with Crippen molar-refractivity contribution in [2.45, 2.75) is 32.4 Å². The number of β-amino-alcohol motifs (C(OH)–C–C–N with tert-alkyl or cyclic N) is 1. The molecule has 1 aliphatic rings. The summed E-state index contributed by atoms with van der Waals surface area (Å²) in [5.74, 6) is -1.35. The van der Waals surface area contributed by atoms with Gasteiger partial charge in [0.1, 0.15) is 6.04 Å². The van der Waals surface area contributed by atoms with E-state index in [0.717, 1.165) is 34.2 Å². The number of rotatable bonds is 5. The number of nitrogens with one attached hydrogen (secondary N) is 1. The van der Waals surface area contributed by atoms with Crippen LogP contribution in [0, 0.1) is 34.1 Å². The third-order valence-corrected chi connectivity index (χ3v) is 4.90. The summed E-state index contributed by atoms with van der Waals surface area (Å²) in [5, 5.41) is 35.0. The first-order chi connectivity index (χ1) is 14.5. The highest BCUT2D eigenvalue weighted by molar-refractivity contribution is 6.02. The molecule has 2 atom stereocenters. The van der Waals surface area contributed by atoms with Crippen molar-refractivity contribution in [3.8, 4) is 0 Å². The lowest BCUT2D eigenvalue weighted by Crippen LogP contribution is -2.43. The zero-order chi connectivity index (χ0) is 22.9. The fraction of sp³-hybridized carbons (Fsp3) is 0.300. The predicted octanol–water partition coefficient (Wildman–Crippen LogP) is 2.33. The molecule has 31 heavy (non-hydrogen) atoms. The van der Waals surface area contributed by atoms with E-state index in [2.05, 4.69) is 5.32 Å². The summed E-state index contributed by atoms with van der Waals surface area (Å²) in [7, 11) is 0. The minimum atomic E-state index is -1.04. The summed E-state index contributed by atoms with van der Waals surface area (Å²) in [6.07, 6.45) is -1.01. The second-order valence-electron chi connectivity index (χ2n) is 7.48. The number of aryl methyl sites for hydroxylation is 2. The molecule has 3 rings (SSSR count). The van der Waals surface area contributed by atoms with Gasteiger partial charge in [0, 0.05) is 30.8 Å². The van der Waals surface area contributed by atoms with Gasteiger partial charge in [0.25, 0.3) is 17.3 Å². The van der Waals surface area contributed by atoms with E-state index in [4.69, 9.17) is 0 Å². The number of anilines is 1. The molecule has 0 unspecified atom stereocenters. The molecular formula is C20H20N4O7. The van der Waals surface area contributed by atoms with Crippen LogP contribution in [0.25, 0.3) is 0 Å². The van der Waals surface area contributed by atoms with Gasteiger partial charge >= 0.3 is 0 Å². The maximum absolute atomic E-state index is 13.0. The molecule has 11 nitrogen and oxygen atoms in total. The fourth-order valence-corrected chi connectivity index (χ4v) is 3.65. The van der Waals surface area contributed by atoms with Crippen molar-refractivity contribution in [1.29, 1.82) is 0 Å². The Bertz CT molecular complexity index is 1030. The first-order valence-corrected chi connectivity index (χ1v) is 9.37. The number of hydrogen-bond acceptors (Lipinski definition) is 7. The standard InChI is InChI=1S/C20H20N4O7/c1-11-3-12(2)5-14(4-11)21-19(26)18-9-17(25)10-22(18)20(27)13-6-15(23(28)29)8-16(7-13)24(30)31/h3-8,17-18,25H,9-10H2,1-2H3,(H,21,26)/t17-,18+/m1/s1. The van der Waals surface area contributed by atoms with E-state index < -0.39 is 45.2 Å². The van der Waals surface area contributed by atoms with Crippen LogP contribution < -0.4 is 5.32 Å². The molecule has 11 heteroatoms. The molecule has 2 N–H and O–H groups in total. The number of benzene rings is 2. The normalized spacial score (nSPS) is 18.0. The van der Waals surface area contributed by atoms with Gasteiger partial charge in [-0.3, -0.25) is 29.8 Å². The van der Waals surface area contributed by atoms with Gasteiger partial charge < -0.3 is 15.3 Å². The number of hydrogen-bond donors (Lipinski definition) is 2. The van der Waals surface area contributed by atoms with Crippen LogP contribution in [0.1, 0.15) is 27.9 Å². The molecule has 0 radical (unpaired) electrons. The van der Waals surface area contributed by atoms with Gasteiger partial charge in [0.05, 0.1) is 27.6 Å². The molecule has 2 aromatic rings. The van der Waals surface area contributed by atoms with E-state index in [1.807, 2.05) is 19.9 Å². The van der Waals surface area contributed by atoms with Gasteiger partial charge in [0.15, 0.2) is 0 Å². The van der Waals surface area contributed by atoms with Crippen molar-refractivity contribution < 1.29 is 24.5 Å². The topological polar surface area (TPSA) is 156 Å². The Morgan fingerprint density at radius 1 is 1.00 bits per heavy atom. The number of non-ortho nitro benzene ring substituents is 2. The largest absolute Gasteiger partial charge is 0.391 e. The highest BCUT2D eigenvalue weighted by Crippen LogP contribution is 2.27. The summed E-state index contributed by atoms with van der Waals surface area (Å²) in [6.45, 7) is 3.56. The maximum atomic E-state index is 13.0. The van der Waals surface area contributed by atoms with Crippen molar-refractivity contribution in [1.82, 2.24) is 4.90 Å². The molecule has 1 heterocycles. The molecule has 0 saturated carbocycles. The quantitative estimate of drug-likeness (QED) is 0.547. The van der Waals surface area contributed by atoms with E-state index in [9.17, 15) is 34.9 Å². The van der Waals surface area contributed by atoms with Gasteiger partial charge in [-0.15, -0.1) is 0 Å². The van der Waals surface area contributed by atoms with Crippen molar-refractivity contribution in [3.05, 3.63) is 73.3 Å². The summed E-state index contributed by atoms with van der Waals surface area (Å²) < 4.78 is 0. The Kier molecular flexibility index (Phi) is 5.97. The van der Waals surface area contributed by atoms with Gasteiger partial charge in [-0.05, 0) is 37.1 Å². The average molecular weight is 428 g/mol. The number of nitro groups is 2. The van der Waals surface area contributed by atoms with E-state index >= 15 is 0 Å². The van der Waals surface area contributed by atoms with Crippen LogP contribution in [0.4, 0.5) is 17.1 Å². The third kappa shape index (κ3) is 4.83. The van der Waals surface area contributed by atoms with Crippen LogP contribution in [0.2, 0.25) is 0 Å². The molecule has 0 spiro atoms. The average Bonchev–Trinajstić information content (AvgIpc) is 3.08. The number of amides is 2. The number of aliphatic hydroxyl groups excluding tert-OH is 1. The number of nitro benzene ring substituents is 2. The zero-order valence-electron chi connectivity index (χ0n) is 16.8. The first kappa shape index (κ1) is 21.8. The van der Waals surface area contributed by atoms with Crippen molar-refractivity contribution in [2.24, 2.45) is 0 Å². The number of aliphatic hydroxyl groups is 1. The van der Waals surface area contributed by atoms with Gasteiger partial charge in [-0.25, -0.2) is 0 Å². The number of nitrogens with zero attached hydrogens (tertiary/aromatic N) is 3. The van der Waals surface area contributed by atoms with E-state index in [1.165, 1.54) is 0 Å². The third-order valence-electron chi connectivity index (χ3n) is 4.90. The van der Waals surface area contributed by atoms with E-state index in [-0.39, 0.29) is 18.5 Å². The molecule has 0 aliphatic carbocycles. The Labute approximate surface area is 176 Å².